The number of anilines is 1. The third-order valence-electron chi connectivity index (χ3n) is 3.48. The average molecular weight is 343 g/mol. The van der Waals surface area contributed by atoms with Crippen LogP contribution in [0.1, 0.15) is 17.3 Å². The van der Waals surface area contributed by atoms with Gasteiger partial charge in [0.25, 0.3) is 5.91 Å². The van der Waals surface area contributed by atoms with E-state index in [4.69, 9.17) is 10.5 Å². The number of nitrogens with two attached hydrogens (primary N) is 1. The van der Waals surface area contributed by atoms with Crippen molar-refractivity contribution in [1.82, 2.24) is 5.32 Å². The number of carboxylic acids is 1. The minimum atomic E-state index is -1.12. The number of carboxylic acid groups (broad SMARTS) is 1. The maximum Gasteiger partial charge on any atom is 0.313 e. The van der Waals surface area contributed by atoms with Gasteiger partial charge in [-0.15, -0.1) is 0 Å². The highest BCUT2D eigenvalue weighted by molar-refractivity contribution is 9.10. The van der Waals surface area contributed by atoms with Crippen LogP contribution >= 0.6 is 15.9 Å². The maximum absolute atomic E-state index is 12.2. The van der Waals surface area contributed by atoms with Crippen LogP contribution in [0.5, 0.6) is 0 Å². The summed E-state index contributed by atoms with van der Waals surface area (Å²) in [5.41, 5.74) is 5.36. The smallest absolute Gasteiger partial charge is 0.313 e. The highest BCUT2D eigenvalue weighted by Crippen LogP contribution is 2.29. The van der Waals surface area contributed by atoms with Gasteiger partial charge in [0.2, 0.25) is 0 Å². The number of halogens is 1. The Hall–Kier alpha value is -1.60. The molecule has 1 fully saturated rings. The van der Waals surface area contributed by atoms with E-state index in [-0.39, 0.29) is 19.1 Å². The fraction of sp³-hybridized carbons (Fsp3) is 0.385. The molecule has 0 aromatic heterocycles. The Labute approximate surface area is 124 Å². The van der Waals surface area contributed by atoms with Crippen LogP contribution < -0.4 is 11.1 Å². The van der Waals surface area contributed by atoms with Gasteiger partial charge in [0.1, 0.15) is 5.41 Å². The van der Waals surface area contributed by atoms with Crippen molar-refractivity contribution >= 4 is 33.5 Å². The second-order valence-corrected chi connectivity index (χ2v) is 5.86. The molecule has 0 bridgehead atoms. The third-order valence-corrected chi connectivity index (χ3v) is 4.18. The van der Waals surface area contributed by atoms with E-state index < -0.39 is 17.4 Å². The van der Waals surface area contributed by atoms with Crippen molar-refractivity contribution in [2.75, 3.05) is 18.9 Å². The Kier molecular flexibility index (Phi) is 4.01. The van der Waals surface area contributed by atoms with E-state index in [0.717, 1.165) is 0 Å². The second-order valence-electron chi connectivity index (χ2n) is 5.00. The summed E-state index contributed by atoms with van der Waals surface area (Å²) >= 11 is 3.27. The molecule has 4 N–H and O–H groups in total. The lowest BCUT2D eigenvalue weighted by Crippen LogP contribution is -2.49. The Bertz CT molecular complexity index is 563. The van der Waals surface area contributed by atoms with Crippen LogP contribution in [0.25, 0.3) is 0 Å². The summed E-state index contributed by atoms with van der Waals surface area (Å²) in [6.45, 7) is 1.81. The fourth-order valence-corrected chi connectivity index (χ4v) is 2.46. The molecule has 1 aromatic rings. The summed E-state index contributed by atoms with van der Waals surface area (Å²) in [7, 11) is 0. The van der Waals surface area contributed by atoms with Gasteiger partial charge in [0, 0.05) is 10.2 Å². The van der Waals surface area contributed by atoms with Crippen LogP contribution in [0.4, 0.5) is 5.69 Å². The van der Waals surface area contributed by atoms with Crippen molar-refractivity contribution in [1.29, 1.82) is 0 Å². The van der Waals surface area contributed by atoms with Gasteiger partial charge in [-0.05, 0) is 41.1 Å². The zero-order chi connectivity index (χ0) is 14.9. The van der Waals surface area contributed by atoms with Crippen molar-refractivity contribution < 1.29 is 19.4 Å². The quantitative estimate of drug-likeness (QED) is 0.717. The largest absolute Gasteiger partial charge is 0.481 e. The van der Waals surface area contributed by atoms with Crippen molar-refractivity contribution in [2.24, 2.45) is 5.41 Å². The molecule has 20 heavy (non-hydrogen) atoms. The number of ether oxygens (including phenoxy) is 1. The standard InChI is InChI=1S/C13H15BrN2O4/c1-13(12(18)19)6-20-5-10(13)16-11(17)8-4-7(15)2-3-9(8)14/h2-4,10H,5-6,15H2,1H3,(H,16,17)(H,18,19). The van der Waals surface area contributed by atoms with Gasteiger partial charge < -0.3 is 20.9 Å². The topological polar surface area (TPSA) is 102 Å². The predicted octanol–water partition coefficient (Wildman–Crippen LogP) is 1.25. The highest BCUT2D eigenvalue weighted by atomic mass is 79.9. The number of nitrogen functional groups attached to an aromatic ring is 1. The SMILES string of the molecule is CC1(C(=O)O)COCC1NC(=O)c1cc(N)ccc1Br. The molecule has 0 saturated carbocycles. The Morgan fingerprint density at radius 1 is 1.55 bits per heavy atom. The van der Waals surface area contributed by atoms with E-state index >= 15 is 0 Å². The van der Waals surface area contributed by atoms with Crippen LogP contribution in [-0.2, 0) is 9.53 Å². The minimum absolute atomic E-state index is 0.0748. The molecular weight excluding hydrogens is 328 g/mol. The number of benzene rings is 1. The summed E-state index contributed by atoms with van der Waals surface area (Å²) in [5, 5.41) is 12.0. The normalized spacial score (nSPS) is 25.4. The lowest BCUT2D eigenvalue weighted by molar-refractivity contribution is -0.148. The van der Waals surface area contributed by atoms with Crippen molar-refractivity contribution in [2.45, 2.75) is 13.0 Å². The molecule has 0 radical (unpaired) electrons. The van der Waals surface area contributed by atoms with E-state index in [1.807, 2.05) is 0 Å². The molecule has 1 aromatic carbocycles. The van der Waals surface area contributed by atoms with Crippen LogP contribution in [0, 0.1) is 5.41 Å². The molecule has 1 aliphatic heterocycles. The van der Waals surface area contributed by atoms with Gasteiger partial charge in [-0.25, -0.2) is 0 Å². The molecule has 1 aliphatic rings. The zero-order valence-electron chi connectivity index (χ0n) is 10.9. The lowest BCUT2D eigenvalue weighted by atomic mass is 9.85. The molecule has 1 heterocycles. The van der Waals surface area contributed by atoms with E-state index in [1.54, 1.807) is 19.1 Å². The molecule has 7 heteroatoms. The maximum atomic E-state index is 12.2. The number of aliphatic carboxylic acids is 1. The van der Waals surface area contributed by atoms with Crippen molar-refractivity contribution in [3.05, 3.63) is 28.2 Å². The van der Waals surface area contributed by atoms with Crippen LogP contribution in [0.2, 0.25) is 0 Å². The minimum Gasteiger partial charge on any atom is -0.481 e. The molecule has 108 valence electrons. The molecule has 1 saturated heterocycles. The molecule has 2 rings (SSSR count). The molecule has 6 nitrogen and oxygen atoms in total. The predicted molar refractivity (Wildman–Crippen MR) is 76.4 cm³/mol. The van der Waals surface area contributed by atoms with Crippen molar-refractivity contribution in [3.63, 3.8) is 0 Å². The first-order valence-corrected chi connectivity index (χ1v) is 6.81. The van der Waals surface area contributed by atoms with Crippen LogP contribution in [0.3, 0.4) is 0 Å². The number of hydrogen-bond donors (Lipinski definition) is 3. The van der Waals surface area contributed by atoms with E-state index in [0.29, 0.717) is 15.7 Å². The summed E-state index contributed by atoms with van der Waals surface area (Å²) in [6, 6.07) is 4.29. The van der Waals surface area contributed by atoms with Crippen molar-refractivity contribution in [3.8, 4) is 0 Å². The fourth-order valence-electron chi connectivity index (χ4n) is 2.04. The molecular formula is C13H15BrN2O4. The van der Waals surface area contributed by atoms with E-state index in [9.17, 15) is 14.7 Å². The Morgan fingerprint density at radius 2 is 2.25 bits per heavy atom. The van der Waals surface area contributed by atoms with Gasteiger partial charge in [-0.1, -0.05) is 0 Å². The number of rotatable bonds is 3. The number of amides is 1. The number of hydrogen-bond acceptors (Lipinski definition) is 4. The summed E-state index contributed by atoms with van der Waals surface area (Å²) in [5.74, 6) is -1.38. The van der Waals surface area contributed by atoms with E-state index in [2.05, 4.69) is 21.2 Å². The number of carbonyl (C=O) groups is 2. The number of carbonyl (C=O) groups excluding carboxylic acids is 1. The highest BCUT2D eigenvalue weighted by Gasteiger charge is 2.47. The molecule has 0 spiro atoms. The lowest BCUT2D eigenvalue weighted by Gasteiger charge is -2.25. The first kappa shape index (κ1) is 14.8. The zero-order valence-corrected chi connectivity index (χ0v) is 12.4. The number of nitrogens with one attached hydrogen (secondary N) is 1. The van der Waals surface area contributed by atoms with Crippen LogP contribution in [-0.4, -0.2) is 36.2 Å². The molecule has 1 amide bonds. The van der Waals surface area contributed by atoms with Gasteiger partial charge in [0.05, 0.1) is 24.8 Å². The van der Waals surface area contributed by atoms with Gasteiger partial charge in [-0.2, -0.15) is 0 Å². The summed E-state index contributed by atoms with van der Waals surface area (Å²) < 4.78 is 5.79. The Morgan fingerprint density at radius 3 is 2.90 bits per heavy atom. The third kappa shape index (κ3) is 2.64. The molecule has 0 aliphatic carbocycles. The van der Waals surface area contributed by atoms with Gasteiger partial charge >= 0.3 is 5.97 Å². The van der Waals surface area contributed by atoms with Crippen LogP contribution in [0.15, 0.2) is 22.7 Å². The summed E-state index contributed by atoms with van der Waals surface area (Å²) in [6.07, 6.45) is 0. The first-order chi connectivity index (χ1) is 9.34. The summed E-state index contributed by atoms with van der Waals surface area (Å²) in [4.78, 5) is 23.6. The van der Waals surface area contributed by atoms with E-state index in [1.165, 1.54) is 6.07 Å². The first-order valence-electron chi connectivity index (χ1n) is 6.01. The molecule has 2 unspecified atom stereocenters. The van der Waals surface area contributed by atoms with Gasteiger partial charge in [0.15, 0.2) is 0 Å². The molecule has 2 atom stereocenters. The van der Waals surface area contributed by atoms with Gasteiger partial charge in [-0.3, -0.25) is 9.59 Å². The average Bonchev–Trinajstić information content (AvgIpc) is 2.75. The second kappa shape index (κ2) is 5.41. The monoisotopic (exact) mass is 342 g/mol. The Balaban J connectivity index is 2.19.